The average Bonchev–Trinajstić information content (AvgIpc) is 2.40. The molecule has 3 nitrogen and oxygen atoms in total. The van der Waals surface area contributed by atoms with Crippen molar-refractivity contribution in [3.63, 3.8) is 0 Å². The third-order valence-corrected chi connectivity index (χ3v) is 3.75. The Morgan fingerprint density at radius 3 is 2.72 bits per heavy atom. The van der Waals surface area contributed by atoms with Crippen molar-refractivity contribution in [1.29, 1.82) is 0 Å². The Labute approximate surface area is 117 Å². The van der Waals surface area contributed by atoms with Gasteiger partial charge in [0.05, 0.1) is 29.4 Å². The molecule has 5 heteroatoms. The summed E-state index contributed by atoms with van der Waals surface area (Å²) in [5.74, 6) is 0. The van der Waals surface area contributed by atoms with Gasteiger partial charge in [-0.1, -0.05) is 35.3 Å². The van der Waals surface area contributed by atoms with E-state index in [4.69, 9.17) is 32.7 Å². The molecule has 0 amide bonds. The lowest BCUT2D eigenvalue weighted by Gasteiger charge is -2.24. The molecule has 0 saturated carbocycles. The van der Waals surface area contributed by atoms with Crippen LogP contribution in [0.5, 0.6) is 0 Å². The van der Waals surface area contributed by atoms with Crippen molar-refractivity contribution in [3.05, 3.63) is 33.8 Å². The van der Waals surface area contributed by atoms with Crippen LogP contribution >= 0.6 is 23.2 Å². The van der Waals surface area contributed by atoms with Gasteiger partial charge in [-0.25, -0.2) is 0 Å². The van der Waals surface area contributed by atoms with Crippen molar-refractivity contribution >= 4 is 23.2 Å². The lowest BCUT2D eigenvalue weighted by atomic mass is 10.0. The Hall–Kier alpha value is -0.320. The molecule has 1 fully saturated rings. The SMILES string of the molecule is O[C@@H](CCC1OCCCO1)c1cccc(Cl)c1Cl. The zero-order valence-electron chi connectivity index (χ0n) is 9.94. The fourth-order valence-electron chi connectivity index (χ4n) is 1.93. The third kappa shape index (κ3) is 3.59. The van der Waals surface area contributed by atoms with Gasteiger partial charge in [0.15, 0.2) is 6.29 Å². The molecule has 2 rings (SSSR count). The molecule has 1 N–H and O–H groups in total. The number of halogens is 2. The van der Waals surface area contributed by atoms with Gasteiger partial charge in [-0.15, -0.1) is 0 Å². The number of ether oxygens (including phenoxy) is 2. The van der Waals surface area contributed by atoms with E-state index >= 15 is 0 Å². The predicted molar refractivity (Wildman–Crippen MR) is 71.0 cm³/mol. The monoisotopic (exact) mass is 290 g/mol. The second-order valence-corrected chi connectivity index (χ2v) is 5.05. The van der Waals surface area contributed by atoms with E-state index in [1.807, 2.05) is 0 Å². The summed E-state index contributed by atoms with van der Waals surface area (Å²) in [4.78, 5) is 0. The molecule has 0 spiro atoms. The summed E-state index contributed by atoms with van der Waals surface area (Å²) in [6.45, 7) is 1.44. The molecule has 1 aliphatic heterocycles. The number of hydrogen-bond acceptors (Lipinski definition) is 3. The standard InChI is InChI=1S/C13H16Cl2O3/c14-10-4-1-3-9(13(10)15)11(16)5-6-12-17-7-2-8-18-12/h1,3-4,11-12,16H,2,5-8H2/t11-/m0/s1. The van der Waals surface area contributed by atoms with Crippen molar-refractivity contribution in [2.24, 2.45) is 0 Å². The molecule has 1 aromatic carbocycles. The predicted octanol–water partition coefficient (Wildman–Crippen LogP) is 3.57. The minimum Gasteiger partial charge on any atom is -0.388 e. The number of aliphatic hydroxyl groups is 1. The molecule has 1 heterocycles. The van der Waals surface area contributed by atoms with Crippen LogP contribution in [0.2, 0.25) is 10.0 Å². The largest absolute Gasteiger partial charge is 0.388 e. The first kappa shape index (κ1) is 14.1. The summed E-state index contributed by atoms with van der Waals surface area (Å²) in [6.07, 6.45) is 1.24. The van der Waals surface area contributed by atoms with Gasteiger partial charge in [-0.2, -0.15) is 0 Å². The summed E-state index contributed by atoms with van der Waals surface area (Å²) >= 11 is 12.0. The van der Waals surface area contributed by atoms with Crippen LogP contribution in [0.4, 0.5) is 0 Å². The van der Waals surface area contributed by atoms with E-state index in [-0.39, 0.29) is 6.29 Å². The maximum Gasteiger partial charge on any atom is 0.157 e. The molecule has 1 aromatic rings. The second kappa shape index (κ2) is 6.73. The molecule has 100 valence electrons. The number of hydrogen-bond donors (Lipinski definition) is 1. The topological polar surface area (TPSA) is 38.7 Å². The molecule has 0 bridgehead atoms. The van der Waals surface area contributed by atoms with Crippen molar-refractivity contribution in [3.8, 4) is 0 Å². The van der Waals surface area contributed by atoms with E-state index in [1.165, 1.54) is 0 Å². The van der Waals surface area contributed by atoms with Gasteiger partial charge in [0.2, 0.25) is 0 Å². The number of rotatable bonds is 4. The molecule has 0 unspecified atom stereocenters. The number of benzene rings is 1. The fraction of sp³-hybridized carbons (Fsp3) is 0.538. The Morgan fingerprint density at radius 2 is 2.00 bits per heavy atom. The highest BCUT2D eigenvalue weighted by atomic mass is 35.5. The summed E-state index contributed by atoms with van der Waals surface area (Å²) in [6, 6.07) is 5.26. The summed E-state index contributed by atoms with van der Waals surface area (Å²) < 4.78 is 10.9. The van der Waals surface area contributed by atoms with Gasteiger partial charge >= 0.3 is 0 Å². The first-order chi connectivity index (χ1) is 8.68. The third-order valence-electron chi connectivity index (χ3n) is 2.91. The Bertz CT molecular complexity index is 392. The lowest BCUT2D eigenvalue weighted by molar-refractivity contribution is -0.183. The minimum atomic E-state index is -0.648. The first-order valence-corrected chi connectivity index (χ1v) is 6.79. The zero-order chi connectivity index (χ0) is 13.0. The maximum absolute atomic E-state index is 10.1. The van der Waals surface area contributed by atoms with Gasteiger partial charge < -0.3 is 14.6 Å². The number of aliphatic hydroxyl groups excluding tert-OH is 1. The van der Waals surface area contributed by atoms with Crippen LogP contribution < -0.4 is 0 Å². The van der Waals surface area contributed by atoms with Gasteiger partial charge in [0.1, 0.15) is 0 Å². The molecule has 0 aromatic heterocycles. The normalized spacial score (nSPS) is 18.8. The summed E-state index contributed by atoms with van der Waals surface area (Å²) in [5, 5.41) is 11.0. The molecular formula is C13H16Cl2O3. The van der Waals surface area contributed by atoms with Crippen LogP contribution in [-0.4, -0.2) is 24.6 Å². The molecular weight excluding hydrogens is 275 g/mol. The molecule has 1 saturated heterocycles. The second-order valence-electron chi connectivity index (χ2n) is 4.26. The van der Waals surface area contributed by atoms with Crippen LogP contribution in [0.3, 0.4) is 0 Å². The van der Waals surface area contributed by atoms with Crippen molar-refractivity contribution in [2.75, 3.05) is 13.2 Å². The lowest BCUT2D eigenvalue weighted by Crippen LogP contribution is -2.25. The summed E-state index contributed by atoms with van der Waals surface area (Å²) in [7, 11) is 0. The van der Waals surface area contributed by atoms with Crippen LogP contribution in [-0.2, 0) is 9.47 Å². The van der Waals surface area contributed by atoms with Gasteiger partial charge in [-0.05, 0) is 18.9 Å². The Kier molecular flexibility index (Phi) is 5.27. The summed E-state index contributed by atoms with van der Waals surface area (Å²) in [5.41, 5.74) is 0.653. The van der Waals surface area contributed by atoms with Crippen LogP contribution in [0.25, 0.3) is 0 Å². The highest BCUT2D eigenvalue weighted by Gasteiger charge is 2.18. The smallest absolute Gasteiger partial charge is 0.157 e. The van der Waals surface area contributed by atoms with E-state index in [2.05, 4.69) is 0 Å². The average molecular weight is 291 g/mol. The van der Waals surface area contributed by atoms with Crippen LogP contribution in [0.15, 0.2) is 18.2 Å². The molecule has 0 aliphatic carbocycles. The van der Waals surface area contributed by atoms with Crippen LogP contribution in [0.1, 0.15) is 30.9 Å². The van der Waals surface area contributed by atoms with E-state index in [1.54, 1.807) is 18.2 Å². The first-order valence-electron chi connectivity index (χ1n) is 6.03. The highest BCUT2D eigenvalue weighted by Crippen LogP contribution is 2.32. The fourth-order valence-corrected chi connectivity index (χ4v) is 2.36. The molecule has 1 atom stereocenters. The van der Waals surface area contributed by atoms with Crippen molar-refractivity contribution in [2.45, 2.75) is 31.7 Å². The quantitative estimate of drug-likeness (QED) is 0.921. The van der Waals surface area contributed by atoms with Crippen molar-refractivity contribution in [1.82, 2.24) is 0 Å². The zero-order valence-corrected chi connectivity index (χ0v) is 11.5. The minimum absolute atomic E-state index is 0.216. The van der Waals surface area contributed by atoms with E-state index in [0.717, 1.165) is 19.6 Å². The van der Waals surface area contributed by atoms with Crippen molar-refractivity contribution < 1.29 is 14.6 Å². The van der Waals surface area contributed by atoms with Gasteiger partial charge in [0, 0.05) is 12.0 Å². The Balaban J connectivity index is 1.90. The highest BCUT2D eigenvalue weighted by molar-refractivity contribution is 6.42. The van der Waals surface area contributed by atoms with E-state index < -0.39 is 6.10 Å². The van der Waals surface area contributed by atoms with Gasteiger partial charge in [0.25, 0.3) is 0 Å². The van der Waals surface area contributed by atoms with E-state index in [9.17, 15) is 5.11 Å². The van der Waals surface area contributed by atoms with Gasteiger partial charge in [-0.3, -0.25) is 0 Å². The maximum atomic E-state index is 10.1. The molecule has 0 radical (unpaired) electrons. The van der Waals surface area contributed by atoms with Crippen LogP contribution in [0, 0.1) is 0 Å². The molecule has 18 heavy (non-hydrogen) atoms. The van der Waals surface area contributed by atoms with E-state index in [0.29, 0.717) is 28.5 Å². The molecule has 1 aliphatic rings. The Morgan fingerprint density at radius 1 is 1.28 bits per heavy atom.